The fourth-order valence-electron chi connectivity index (χ4n) is 2.11. The first-order valence-corrected chi connectivity index (χ1v) is 8.90. The molecule has 8 heteroatoms. The summed E-state index contributed by atoms with van der Waals surface area (Å²) < 4.78 is 29.0. The Morgan fingerprint density at radius 1 is 1.43 bits per heavy atom. The van der Waals surface area contributed by atoms with Crippen LogP contribution < -0.4 is 10.6 Å². The molecule has 0 atom stereocenters. The van der Waals surface area contributed by atoms with Gasteiger partial charge in [-0.1, -0.05) is 0 Å². The van der Waals surface area contributed by atoms with E-state index in [1.807, 2.05) is 0 Å². The van der Waals surface area contributed by atoms with Crippen LogP contribution in [0.3, 0.4) is 0 Å². The summed E-state index contributed by atoms with van der Waals surface area (Å²) in [5, 5.41) is 0. The van der Waals surface area contributed by atoms with Gasteiger partial charge in [0.2, 0.25) is 0 Å². The molecule has 6 nitrogen and oxygen atoms in total. The normalized spacial score (nSPS) is 17.0. The van der Waals surface area contributed by atoms with E-state index in [0.717, 1.165) is 25.0 Å². The third kappa shape index (κ3) is 4.09. The smallest absolute Gasteiger partial charge is 0.177 e. The molecule has 21 heavy (non-hydrogen) atoms. The molecule has 0 aliphatic carbocycles. The molecule has 1 aromatic rings. The Bertz CT molecular complexity index is 640. The molecule has 1 saturated heterocycles. The van der Waals surface area contributed by atoms with Crippen molar-refractivity contribution >= 4 is 38.6 Å². The molecule has 1 aliphatic heterocycles. The Hall–Kier alpha value is -1.31. The van der Waals surface area contributed by atoms with Crippen molar-refractivity contribution in [2.45, 2.75) is 4.90 Å². The number of benzene rings is 1. The average molecular weight is 332 g/mol. The lowest BCUT2D eigenvalue weighted by Crippen LogP contribution is -2.36. The highest BCUT2D eigenvalue weighted by atomic mass is 35.5. The zero-order chi connectivity index (χ0) is 15.5. The van der Waals surface area contributed by atoms with Crippen molar-refractivity contribution in [1.82, 2.24) is 0 Å². The average Bonchev–Trinajstić information content (AvgIpc) is 2.46. The molecule has 116 valence electrons. The number of ether oxygens (including phenoxy) is 1. The van der Waals surface area contributed by atoms with Gasteiger partial charge in [-0.05, 0) is 18.2 Å². The van der Waals surface area contributed by atoms with Gasteiger partial charge in [0.15, 0.2) is 9.84 Å². The number of sulfone groups is 1. The minimum atomic E-state index is -3.38. The summed E-state index contributed by atoms with van der Waals surface area (Å²) in [6.07, 6.45) is 1.15. The van der Waals surface area contributed by atoms with Gasteiger partial charge >= 0.3 is 0 Å². The summed E-state index contributed by atoms with van der Waals surface area (Å²) in [4.78, 5) is 6.39. The van der Waals surface area contributed by atoms with Crippen LogP contribution in [0.4, 0.5) is 11.4 Å². The van der Waals surface area contributed by atoms with Gasteiger partial charge < -0.3 is 15.4 Å². The van der Waals surface area contributed by atoms with Crippen LogP contribution in [-0.4, -0.2) is 52.7 Å². The second-order valence-corrected chi connectivity index (χ2v) is 7.01. The summed E-state index contributed by atoms with van der Waals surface area (Å²) in [6, 6.07) is 5.05. The van der Waals surface area contributed by atoms with E-state index in [-0.39, 0.29) is 16.6 Å². The van der Waals surface area contributed by atoms with E-state index < -0.39 is 9.84 Å². The van der Waals surface area contributed by atoms with E-state index in [0.29, 0.717) is 18.9 Å². The molecule has 0 spiro atoms. The second-order valence-electron chi connectivity index (χ2n) is 4.76. The molecule has 0 bridgehead atoms. The maximum absolute atomic E-state index is 11.8. The maximum Gasteiger partial charge on any atom is 0.177 e. The van der Waals surface area contributed by atoms with Gasteiger partial charge in [0.1, 0.15) is 5.84 Å². The number of rotatable bonds is 4. The van der Waals surface area contributed by atoms with E-state index in [1.165, 1.54) is 0 Å². The van der Waals surface area contributed by atoms with Gasteiger partial charge in [-0.25, -0.2) is 13.4 Å². The molecule has 0 saturated carbocycles. The van der Waals surface area contributed by atoms with Crippen molar-refractivity contribution < 1.29 is 13.2 Å². The monoisotopic (exact) mass is 331 g/mol. The summed E-state index contributed by atoms with van der Waals surface area (Å²) in [5.74, 6) is 0.228. The first-order valence-electron chi connectivity index (χ1n) is 6.47. The van der Waals surface area contributed by atoms with E-state index in [1.54, 1.807) is 18.2 Å². The molecule has 0 unspecified atom stereocenters. The molecule has 1 aliphatic rings. The lowest BCUT2D eigenvalue weighted by atomic mass is 10.2. The van der Waals surface area contributed by atoms with Gasteiger partial charge in [-0.2, -0.15) is 0 Å². The van der Waals surface area contributed by atoms with Gasteiger partial charge in [0.05, 0.1) is 29.7 Å². The highest BCUT2D eigenvalue weighted by molar-refractivity contribution is 7.90. The highest BCUT2D eigenvalue weighted by Crippen LogP contribution is 2.30. The van der Waals surface area contributed by atoms with Crippen LogP contribution in [0.25, 0.3) is 0 Å². The molecule has 2 N–H and O–H groups in total. The van der Waals surface area contributed by atoms with E-state index in [9.17, 15) is 8.42 Å². The lowest BCUT2D eigenvalue weighted by Gasteiger charge is -2.29. The molecular formula is C13H18ClN3O3S. The summed E-state index contributed by atoms with van der Waals surface area (Å²) in [6.45, 7) is 2.81. The van der Waals surface area contributed by atoms with Gasteiger partial charge in [-0.3, -0.25) is 0 Å². The third-order valence-electron chi connectivity index (χ3n) is 3.12. The van der Waals surface area contributed by atoms with Crippen molar-refractivity contribution in [2.24, 2.45) is 10.7 Å². The molecule has 1 aromatic carbocycles. The summed E-state index contributed by atoms with van der Waals surface area (Å²) >= 11 is 5.62. The number of halogens is 1. The highest BCUT2D eigenvalue weighted by Gasteiger charge is 2.17. The molecule has 1 heterocycles. The van der Waals surface area contributed by atoms with Gasteiger partial charge in [0.25, 0.3) is 0 Å². The van der Waals surface area contributed by atoms with Crippen LogP contribution in [0.1, 0.15) is 0 Å². The lowest BCUT2D eigenvalue weighted by molar-refractivity contribution is 0.122. The third-order valence-corrected chi connectivity index (χ3v) is 4.54. The van der Waals surface area contributed by atoms with Gasteiger partial charge in [-0.15, -0.1) is 11.6 Å². The zero-order valence-corrected chi connectivity index (χ0v) is 13.3. The summed E-state index contributed by atoms with van der Waals surface area (Å²) in [5.41, 5.74) is 6.85. The number of morpholine rings is 1. The topological polar surface area (TPSA) is 85.0 Å². The molecular weight excluding hydrogens is 314 g/mol. The molecule has 0 radical (unpaired) electrons. The Kier molecular flexibility index (Phi) is 5.08. The minimum Gasteiger partial charge on any atom is -0.386 e. The van der Waals surface area contributed by atoms with Crippen LogP contribution >= 0.6 is 11.6 Å². The zero-order valence-electron chi connectivity index (χ0n) is 11.8. The largest absolute Gasteiger partial charge is 0.386 e. The fraction of sp³-hybridized carbons (Fsp3) is 0.462. The van der Waals surface area contributed by atoms with Crippen molar-refractivity contribution in [1.29, 1.82) is 0 Å². The summed E-state index contributed by atoms with van der Waals surface area (Å²) in [7, 11) is -3.38. The second kappa shape index (κ2) is 6.64. The number of hydrogen-bond acceptors (Lipinski definition) is 5. The Balaban J connectivity index is 2.45. The quantitative estimate of drug-likeness (QED) is 0.508. The number of aliphatic imine (C=N–C) groups is 1. The van der Waals surface area contributed by atoms with Crippen molar-refractivity contribution in [3.05, 3.63) is 18.2 Å². The van der Waals surface area contributed by atoms with Crippen LogP contribution in [0.15, 0.2) is 28.1 Å². The van der Waals surface area contributed by atoms with Crippen molar-refractivity contribution in [2.75, 3.05) is 43.3 Å². The SMILES string of the molecule is CS(=O)(=O)c1ccc(N2CCOCC2)cc1N=C(N)CCl. The predicted octanol–water partition coefficient (Wildman–Crippen LogP) is 1.15. The number of hydrogen-bond donors (Lipinski definition) is 1. The van der Waals surface area contributed by atoms with Crippen LogP contribution in [0.2, 0.25) is 0 Å². The first-order chi connectivity index (χ1) is 9.91. The van der Waals surface area contributed by atoms with E-state index in [2.05, 4.69) is 9.89 Å². The Morgan fingerprint density at radius 2 is 2.10 bits per heavy atom. The standard InChI is InChI=1S/C13H18ClN3O3S/c1-21(18,19)12-3-2-10(17-4-6-20-7-5-17)8-11(12)16-13(15)9-14/h2-3,8H,4-7,9H2,1H3,(H2,15,16). The van der Waals surface area contributed by atoms with E-state index in [4.69, 9.17) is 22.1 Å². The first kappa shape index (κ1) is 16.1. The van der Waals surface area contributed by atoms with Crippen molar-refractivity contribution in [3.63, 3.8) is 0 Å². The number of anilines is 1. The van der Waals surface area contributed by atoms with Crippen LogP contribution in [0, 0.1) is 0 Å². The fourth-order valence-corrected chi connectivity index (χ4v) is 2.97. The predicted molar refractivity (Wildman–Crippen MR) is 84.6 cm³/mol. The van der Waals surface area contributed by atoms with E-state index >= 15 is 0 Å². The van der Waals surface area contributed by atoms with Gasteiger partial charge in [0, 0.05) is 25.0 Å². The number of amidine groups is 1. The Morgan fingerprint density at radius 3 is 2.67 bits per heavy atom. The van der Waals surface area contributed by atoms with Crippen LogP contribution in [-0.2, 0) is 14.6 Å². The number of nitrogens with zero attached hydrogens (tertiary/aromatic N) is 2. The maximum atomic E-state index is 11.8. The van der Waals surface area contributed by atoms with Crippen LogP contribution in [0.5, 0.6) is 0 Å². The molecule has 2 rings (SSSR count). The minimum absolute atomic E-state index is 0.0466. The molecule has 0 aromatic heterocycles. The van der Waals surface area contributed by atoms with Crippen molar-refractivity contribution in [3.8, 4) is 0 Å². The molecule has 1 fully saturated rings. The Labute approximate surface area is 129 Å². The number of alkyl halides is 1. The number of nitrogens with two attached hydrogens (primary N) is 1. The molecule has 0 amide bonds.